The van der Waals surface area contributed by atoms with Gasteiger partial charge in [-0.2, -0.15) is 0 Å². The van der Waals surface area contributed by atoms with Gasteiger partial charge in [-0.15, -0.1) is 0 Å². The summed E-state index contributed by atoms with van der Waals surface area (Å²) >= 11 is 0. The molecule has 2 N–H and O–H groups in total. The molecule has 31 heavy (non-hydrogen) atoms. The van der Waals surface area contributed by atoms with Crippen molar-refractivity contribution in [2.75, 3.05) is 7.05 Å². The number of aromatic nitrogens is 2. The third-order valence-electron chi connectivity index (χ3n) is 5.84. The lowest BCUT2D eigenvalue weighted by Gasteiger charge is -2.20. The largest absolute Gasteiger partial charge is 0.387 e. The minimum Gasteiger partial charge on any atom is -0.387 e. The summed E-state index contributed by atoms with van der Waals surface area (Å²) in [5, 5.41) is 14.2. The molecule has 2 heterocycles. The highest BCUT2D eigenvalue weighted by atomic mass is 16.3. The normalized spacial score (nSPS) is 19.2. The van der Waals surface area contributed by atoms with Crippen molar-refractivity contribution in [1.29, 1.82) is 0 Å². The molecule has 2 aromatic carbocycles. The predicted molar refractivity (Wildman–Crippen MR) is 119 cm³/mol. The van der Waals surface area contributed by atoms with E-state index < -0.39 is 6.10 Å². The zero-order valence-electron chi connectivity index (χ0n) is 17.7. The molecule has 1 fully saturated rings. The highest BCUT2D eigenvalue weighted by Crippen LogP contribution is 2.26. The summed E-state index contributed by atoms with van der Waals surface area (Å²) in [5.41, 5.74) is 3.55. The second-order valence-corrected chi connectivity index (χ2v) is 8.16. The Bertz CT molecular complexity index is 979. The van der Waals surface area contributed by atoms with Gasteiger partial charge in [0.15, 0.2) is 0 Å². The summed E-state index contributed by atoms with van der Waals surface area (Å²) in [6.07, 6.45) is 7.28. The van der Waals surface area contributed by atoms with Crippen molar-refractivity contribution in [1.82, 2.24) is 20.2 Å². The van der Waals surface area contributed by atoms with Crippen molar-refractivity contribution in [3.8, 4) is 0 Å². The zero-order valence-corrected chi connectivity index (χ0v) is 17.7. The number of hydrogen-bond acceptors (Lipinski definition) is 5. The standard InChI is InChI=1S/C25H28N4O2/c1-29(17-22-16-26-13-14-27-22)25(31)20-9-7-18(8-10-20)15-21-11-12-23(28-21)24(30)19-5-3-2-4-6-19/h2-10,13-14,16,21,23-24,28,30H,11-12,15,17H2,1H3/t21-,23+,24?/m0/s1. The summed E-state index contributed by atoms with van der Waals surface area (Å²) in [6, 6.07) is 18.0. The second-order valence-electron chi connectivity index (χ2n) is 8.16. The van der Waals surface area contributed by atoms with Crippen LogP contribution in [0.25, 0.3) is 0 Å². The van der Waals surface area contributed by atoms with E-state index in [1.165, 1.54) is 5.56 Å². The lowest BCUT2D eigenvalue weighted by molar-refractivity contribution is 0.0783. The van der Waals surface area contributed by atoms with E-state index in [0.29, 0.717) is 18.2 Å². The molecule has 1 aliphatic heterocycles. The van der Waals surface area contributed by atoms with Crippen LogP contribution >= 0.6 is 0 Å². The number of benzene rings is 2. The molecule has 4 rings (SSSR count). The van der Waals surface area contributed by atoms with Gasteiger partial charge in [-0.3, -0.25) is 14.8 Å². The fourth-order valence-corrected chi connectivity index (χ4v) is 4.16. The summed E-state index contributed by atoms with van der Waals surface area (Å²) in [7, 11) is 1.77. The highest BCUT2D eigenvalue weighted by Gasteiger charge is 2.29. The minimum absolute atomic E-state index is 0.0396. The van der Waals surface area contributed by atoms with Crippen LogP contribution in [0, 0.1) is 0 Å². The summed E-state index contributed by atoms with van der Waals surface area (Å²) in [6.45, 7) is 0.422. The molecular weight excluding hydrogens is 388 g/mol. The quantitative estimate of drug-likeness (QED) is 0.619. The molecular formula is C25H28N4O2. The molecule has 0 bridgehead atoms. The summed E-state index contributed by atoms with van der Waals surface area (Å²) in [5.74, 6) is -0.0396. The third kappa shape index (κ3) is 5.34. The van der Waals surface area contributed by atoms with Crippen LogP contribution in [0.5, 0.6) is 0 Å². The van der Waals surface area contributed by atoms with Crippen LogP contribution in [0.4, 0.5) is 0 Å². The number of carbonyl (C=O) groups excluding carboxylic acids is 1. The number of aliphatic hydroxyl groups excluding tert-OH is 1. The van der Waals surface area contributed by atoms with E-state index >= 15 is 0 Å². The predicted octanol–water partition coefficient (Wildman–Crippen LogP) is 3.15. The Labute approximate surface area is 183 Å². The van der Waals surface area contributed by atoms with Crippen LogP contribution < -0.4 is 5.32 Å². The number of aliphatic hydroxyl groups is 1. The van der Waals surface area contributed by atoms with Gasteiger partial charge in [0.2, 0.25) is 0 Å². The first-order valence-electron chi connectivity index (χ1n) is 10.7. The molecule has 0 aliphatic carbocycles. The van der Waals surface area contributed by atoms with Crippen LogP contribution in [0.1, 0.15) is 46.1 Å². The van der Waals surface area contributed by atoms with Crippen molar-refractivity contribution >= 4 is 5.91 Å². The number of rotatable bonds is 7. The molecule has 0 saturated carbocycles. The average molecular weight is 417 g/mol. The monoisotopic (exact) mass is 416 g/mol. The van der Waals surface area contributed by atoms with E-state index in [4.69, 9.17) is 0 Å². The van der Waals surface area contributed by atoms with Gasteiger partial charge in [-0.25, -0.2) is 0 Å². The Morgan fingerprint density at radius 3 is 2.61 bits per heavy atom. The first-order valence-corrected chi connectivity index (χ1v) is 10.7. The first-order chi connectivity index (χ1) is 15.1. The van der Waals surface area contributed by atoms with E-state index in [-0.39, 0.29) is 11.9 Å². The van der Waals surface area contributed by atoms with Gasteiger partial charge in [-0.05, 0) is 42.5 Å². The van der Waals surface area contributed by atoms with E-state index in [1.807, 2.05) is 54.6 Å². The Morgan fingerprint density at radius 1 is 1.13 bits per heavy atom. The molecule has 3 atom stereocenters. The molecule has 6 heteroatoms. The molecule has 1 saturated heterocycles. The number of nitrogens with zero attached hydrogens (tertiary/aromatic N) is 3. The SMILES string of the molecule is CN(Cc1cnccn1)C(=O)c1ccc(C[C@@H]2CC[C@H](C(O)c3ccccc3)N2)cc1. The van der Waals surface area contributed by atoms with Gasteiger partial charge in [0.05, 0.1) is 24.5 Å². The maximum atomic E-state index is 12.7. The number of amides is 1. The molecule has 160 valence electrons. The highest BCUT2D eigenvalue weighted by molar-refractivity contribution is 5.94. The number of carbonyl (C=O) groups is 1. The Morgan fingerprint density at radius 2 is 1.90 bits per heavy atom. The van der Waals surface area contributed by atoms with Crippen LogP contribution in [0.15, 0.2) is 73.2 Å². The van der Waals surface area contributed by atoms with Gasteiger partial charge >= 0.3 is 0 Å². The lowest BCUT2D eigenvalue weighted by atomic mass is 10.0. The molecule has 0 radical (unpaired) electrons. The fraction of sp³-hybridized carbons (Fsp3) is 0.320. The molecule has 1 aromatic heterocycles. The van der Waals surface area contributed by atoms with Gasteiger partial charge in [0, 0.05) is 37.1 Å². The topological polar surface area (TPSA) is 78.4 Å². The van der Waals surface area contributed by atoms with Crippen molar-refractivity contribution in [2.24, 2.45) is 0 Å². The molecule has 1 unspecified atom stereocenters. The van der Waals surface area contributed by atoms with Gasteiger partial charge < -0.3 is 15.3 Å². The maximum absolute atomic E-state index is 12.7. The minimum atomic E-state index is -0.490. The van der Waals surface area contributed by atoms with Crippen molar-refractivity contribution < 1.29 is 9.90 Å². The van der Waals surface area contributed by atoms with Crippen LogP contribution in [0.2, 0.25) is 0 Å². The molecule has 6 nitrogen and oxygen atoms in total. The maximum Gasteiger partial charge on any atom is 0.253 e. The fourth-order valence-electron chi connectivity index (χ4n) is 4.16. The van der Waals surface area contributed by atoms with Crippen LogP contribution in [0.3, 0.4) is 0 Å². The van der Waals surface area contributed by atoms with Crippen molar-refractivity contribution in [3.05, 3.63) is 95.6 Å². The third-order valence-corrected chi connectivity index (χ3v) is 5.84. The summed E-state index contributed by atoms with van der Waals surface area (Å²) in [4.78, 5) is 22.6. The van der Waals surface area contributed by atoms with Crippen molar-refractivity contribution in [3.63, 3.8) is 0 Å². The smallest absolute Gasteiger partial charge is 0.253 e. The molecule has 1 amide bonds. The Kier molecular flexibility index (Phi) is 6.70. The lowest BCUT2D eigenvalue weighted by Crippen LogP contribution is -2.35. The van der Waals surface area contributed by atoms with Crippen LogP contribution in [-0.2, 0) is 13.0 Å². The van der Waals surface area contributed by atoms with Crippen LogP contribution in [-0.4, -0.2) is 45.0 Å². The van der Waals surface area contributed by atoms with E-state index in [2.05, 4.69) is 15.3 Å². The molecule has 0 spiro atoms. The number of nitrogens with one attached hydrogen (secondary N) is 1. The van der Waals surface area contributed by atoms with Crippen molar-refractivity contribution in [2.45, 2.75) is 44.0 Å². The Hall–Kier alpha value is -3.09. The zero-order chi connectivity index (χ0) is 21.6. The van der Waals surface area contributed by atoms with E-state index in [1.54, 1.807) is 30.5 Å². The molecule has 3 aromatic rings. The van der Waals surface area contributed by atoms with Gasteiger partial charge in [-0.1, -0.05) is 42.5 Å². The first kappa shape index (κ1) is 21.2. The molecule has 1 aliphatic rings. The Balaban J connectivity index is 1.31. The second kappa shape index (κ2) is 9.81. The van der Waals surface area contributed by atoms with E-state index in [0.717, 1.165) is 30.5 Å². The average Bonchev–Trinajstić information content (AvgIpc) is 3.28. The van der Waals surface area contributed by atoms with Gasteiger partial charge in [0.25, 0.3) is 5.91 Å². The number of hydrogen-bond donors (Lipinski definition) is 2. The summed E-state index contributed by atoms with van der Waals surface area (Å²) < 4.78 is 0. The van der Waals surface area contributed by atoms with Gasteiger partial charge in [0.1, 0.15) is 0 Å². The van der Waals surface area contributed by atoms with E-state index in [9.17, 15) is 9.90 Å².